The molecule has 1 aliphatic heterocycles. The summed E-state index contributed by atoms with van der Waals surface area (Å²) in [5.74, 6) is 0. The Morgan fingerprint density at radius 2 is 2.17 bits per heavy atom. The van der Waals surface area contributed by atoms with Gasteiger partial charge in [-0.3, -0.25) is 14.3 Å². The summed E-state index contributed by atoms with van der Waals surface area (Å²) in [4.78, 5) is 24.5. The van der Waals surface area contributed by atoms with Crippen molar-refractivity contribution in [3.8, 4) is 0 Å². The van der Waals surface area contributed by atoms with Gasteiger partial charge in [0, 0.05) is 18.7 Å². The first kappa shape index (κ1) is 13.0. The van der Waals surface area contributed by atoms with E-state index in [4.69, 9.17) is 9.84 Å². The summed E-state index contributed by atoms with van der Waals surface area (Å²) in [5, 5.41) is 28.2. The molecule has 2 heterocycles. The first-order chi connectivity index (χ1) is 8.52. The standard InChI is InChI=1S/C10H14N2O6/c13-4-6-9(16)5(14)3-8(18-6)12-2-1-7(15)11-10(12)17/h1-2,5-6,8-9,13-14,16H,3-4H2,(H,11,15,17)/t5-,6-,8+,9-/m0/s1. The number of aliphatic hydroxyl groups is 3. The number of aromatic nitrogens is 2. The molecule has 1 fully saturated rings. The van der Waals surface area contributed by atoms with Crippen molar-refractivity contribution in [2.24, 2.45) is 0 Å². The Hall–Kier alpha value is -1.48. The number of rotatable bonds is 2. The lowest BCUT2D eigenvalue weighted by Gasteiger charge is -2.36. The van der Waals surface area contributed by atoms with Gasteiger partial charge in [-0.25, -0.2) is 4.79 Å². The van der Waals surface area contributed by atoms with Crippen LogP contribution in [0.4, 0.5) is 0 Å². The van der Waals surface area contributed by atoms with Crippen LogP contribution in [-0.2, 0) is 4.74 Å². The third-order valence-electron chi connectivity index (χ3n) is 2.89. The van der Waals surface area contributed by atoms with E-state index in [2.05, 4.69) is 4.98 Å². The number of aromatic amines is 1. The lowest BCUT2D eigenvalue weighted by molar-refractivity contribution is -0.202. The van der Waals surface area contributed by atoms with Crippen LogP contribution in [0, 0.1) is 0 Å². The number of nitrogens with zero attached hydrogens (tertiary/aromatic N) is 1. The van der Waals surface area contributed by atoms with Crippen molar-refractivity contribution < 1.29 is 20.1 Å². The number of hydrogen-bond acceptors (Lipinski definition) is 6. The molecular weight excluding hydrogens is 244 g/mol. The van der Waals surface area contributed by atoms with E-state index >= 15 is 0 Å². The minimum Gasteiger partial charge on any atom is -0.394 e. The second kappa shape index (κ2) is 5.02. The Bertz CT molecular complexity index is 524. The van der Waals surface area contributed by atoms with E-state index in [1.807, 2.05) is 0 Å². The maximum absolute atomic E-state index is 11.5. The summed E-state index contributed by atoms with van der Waals surface area (Å²) in [7, 11) is 0. The van der Waals surface area contributed by atoms with Gasteiger partial charge in [-0.15, -0.1) is 0 Å². The van der Waals surface area contributed by atoms with Crippen LogP contribution in [0.15, 0.2) is 21.9 Å². The minimum absolute atomic E-state index is 0.0103. The lowest BCUT2D eigenvalue weighted by atomic mass is 10.0. The van der Waals surface area contributed by atoms with E-state index in [0.29, 0.717) is 0 Å². The SMILES string of the molecule is O=c1ccn([C@H]2C[C@H](O)[C@H](O)[C@H](CO)O2)c(=O)[nH]1. The van der Waals surface area contributed by atoms with Crippen LogP contribution in [0.1, 0.15) is 12.6 Å². The van der Waals surface area contributed by atoms with Gasteiger partial charge in [0.25, 0.3) is 5.56 Å². The predicted octanol–water partition coefficient (Wildman–Crippen LogP) is -2.46. The molecule has 1 aromatic heterocycles. The first-order valence-corrected chi connectivity index (χ1v) is 5.47. The quantitative estimate of drug-likeness (QED) is 0.466. The summed E-state index contributed by atoms with van der Waals surface area (Å²) in [6, 6.07) is 1.15. The van der Waals surface area contributed by atoms with E-state index in [-0.39, 0.29) is 6.42 Å². The number of H-pyrrole nitrogens is 1. The Balaban J connectivity index is 2.28. The highest BCUT2D eigenvalue weighted by Gasteiger charge is 2.37. The van der Waals surface area contributed by atoms with Crippen molar-refractivity contribution in [3.05, 3.63) is 33.1 Å². The molecule has 0 spiro atoms. The molecule has 0 aromatic carbocycles. The van der Waals surface area contributed by atoms with E-state index < -0.39 is 42.4 Å². The smallest absolute Gasteiger partial charge is 0.330 e. The molecule has 0 amide bonds. The molecule has 1 aliphatic rings. The number of ether oxygens (including phenoxy) is 1. The largest absolute Gasteiger partial charge is 0.394 e. The molecule has 4 atom stereocenters. The van der Waals surface area contributed by atoms with Gasteiger partial charge in [-0.1, -0.05) is 0 Å². The molecule has 0 bridgehead atoms. The highest BCUT2D eigenvalue weighted by Crippen LogP contribution is 2.26. The van der Waals surface area contributed by atoms with Crippen LogP contribution in [0.2, 0.25) is 0 Å². The van der Waals surface area contributed by atoms with Gasteiger partial charge in [0.05, 0.1) is 12.7 Å². The Morgan fingerprint density at radius 1 is 1.44 bits per heavy atom. The van der Waals surface area contributed by atoms with Crippen molar-refractivity contribution in [2.45, 2.75) is 31.0 Å². The first-order valence-electron chi connectivity index (χ1n) is 5.47. The average Bonchev–Trinajstić information content (AvgIpc) is 2.32. The van der Waals surface area contributed by atoms with Crippen molar-refractivity contribution in [3.63, 3.8) is 0 Å². The van der Waals surface area contributed by atoms with Gasteiger partial charge < -0.3 is 20.1 Å². The Kier molecular flexibility index (Phi) is 3.62. The summed E-state index contributed by atoms with van der Waals surface area (Å²) < 4.78 is 6.40. The predicted molar refractivity (Wildman–Crippen MR) is 58.9 cm³/mol. The number of aliphatic hydroxyl groups excluding tert-OH is 3. The molecule has 0 radical (unpaired) electrons. The Morgan fingerprint density at radius 3 is 2.78 bits per heavy atom. The lowest BCUT2D eigenvalue weighted by Crippen LogP contribution is -2.50. The van der Waals surface area contributed by atoms with Crippen LogP contribution in [0.25, 0.3) is 0 Å². The van der Waals surface area contributed by atoms with Crippen molar-refractivity contribution in [1.82, 2.24) is 9.55 Å². The molecule has 18 heavy (non-hydrogen) atoms. The Labute approximate surface area is 101 Å². The van der Waals surface area contributed by atoms with Gasteiger partial charge in [-0.05, 0) is 0 Å². The summed E-state index contributed by atoms with van der Waals surface area (Å²) >= 11 is 0. The molecule has 8 heteroatoms. The fourth-order valence-corrected chi connectivity index (χ4v) is 1.92. The average molecular weight is 258 g/mol. The van der Waals surface area contributed by atoms with E-state index in [0.717, 1.165) is 10.6 Å². The van der Waals surface area contributed by atoms with Gasteiger partial charge in [0.15, 0.2) is 0 Å². The minimum atomic E-state index is -1.20. The third-order valence-corrected chi connectivity index (χ3v) is 2.89. The summed E-state index contributed by atoms with van der Waals surface area (Å²) in [6.45, 7) is -0.479. The molecule has 100 valence electrons. The zero-order valence-electron chi connectivity index (χ0n) is 9.39. The van der Waals surface area contributed by atoms with Crippen LogP contribution in [-0.4, -0.2) is 49.8 Å². The maximum Gasteiger partial charge on any atom is 0.330 e. The summed E-state index contributed by atoms with van der Waals surface area (Å²) in [6.07, 6.45) is -2.90. The van der Waals surface area contributed by atoms with E-state index in [1.54, 1.807) is 0 Å². The van der Waals surface area contributed by atoms with Gasteiger partial charge in [-0.2, -0.15) is 0 Å². The third kappa shape index (κ3) is 2.36. The van der Waals surface area contributed by atoms with E-state index in [9.17, 15) is 19.8 Å². The molecule has 0 unspecified atom stereocenters. The van der Waals surface area contributed by atoms with Crippen LogP contribution < -0.4 is 11.2 Å². The second-order valence-electron chi connectivity index (χ2n) is 4.12. The molecular formula is C10H14N2O6. The highest BCUT2D eigenvalue weighted by atomic mass is 16.5. The highest BCUT2D eigenvalue weighted by molar-refractivity contribution is 4.89. The fraction of sp³-hybridized carbons (Fsp3) is 0.600. The number of hydrogen-bond donors (Lipinski definition) is 4. The van der Waals surface area contributed by atoms with Crippen molar-refractivity contribution in [2.75, 3.05) is 6.61 Å². The van der Waals surface area contributed by atoms with E-state index in [1.165, 1.54) is 6.20 Å². The zero-order chi connectivity index (χ0) is 13.3. The zero-order valence-corrected chi connectivity index (χ0v) is 9.39. The van der Waals surface area contributed by atoms with Crippen molar-refractivity contribution >= 4 is 0 Å². The fourth-order valence-electron chi connectivity index (χ4n) is 1.92. The van der Waals surface area contributed by atoms with Gasteiger partial charge in [0.1, 0.15) is 18.4 Å². The molecule has 8 nitrogen and oxygen atoms in total. The van der Waals surface area contributed by atoms with Crippen LogP contribution in [0.5, 0.6) is 0 Å². The molecule has 2 rings (SSSR count). The normalized spacial score (nSPS) is 32.4. The van der Waals surface area contributed by atoms with Crippen molar-refractivity contribution in [1.29, 1.82) is 0 Å². The molecule has 0 aliphatic carbocycles. The second-order valence-corrected chi connectivity index (χ2v) is 4.12. The molecule has 1 saturated heterocycles. The summed E-state index contributed by atoms with van der Waals surface area (Å²) in [5.41, 5.74) is -1.21. The topological polar surface area (TPSA) is 125 Å². The molecule has 1 aromatic rings. The van der Waals surface area contributed by atoms with Gasteiger partial charge in [0.2, 0.25) is 0 Å². The molecule has 4 N–H and O–H groups in total. The molecule has 0 saturated carbocycles. The van der Waals surface area contributed by atoms with Crippen LogP contribution in [0.3, 0.4) is 0 Å². The number of nitrogens with one attached hydrogen (secondary N) is 1. The maximum atomic E-state index is 11.5. The van der Waals surface area contributed by atoms with Crippen LogP contribution >= 0.6 is 0 Å². The van der Waals surface area contributed by atoms with Gasteiger partial charge >= 0.3 is 5.69 Å². The monoisotopic (exact) mass is 258 g/mol.